The lowest BCUT2D eigenvalue weighted by Crippen LogP contribution is -2.54. The van der Waals surface area contributed by atoms with Gasteiger partial charge in [-0.05, 0) is 74.1 Å². The van der Waals surface area contributed by atoms with E-state index in [1.165, 1.54) is 15.4 Å². The van der Waals surface area contributed by atoms with Crippen LogP contribution in [0.2, 0.25) is 0 Å². The number of rotatable bonds is 13. The largest absolute Gasteiger partial charge is 0.490 e. The van der Waals surface area contributed by atoms with Gasteiger partial charge < -0.3 is 19.3 Å². The van der Waals surface area contributed by atoms with Crippen molar-refractivity contribution in [2.45, 2.75) is 51.3 Å². The number of hydrogen-bond donors (Lipinski definition) is 1. The summed E-state index contributed by atoms with van der Waals surface area (Å²) in [4.78, 5) is 82.3. The number of piperidine rings is 2. The summed E-state index contributed by atoms with van der Waals surface area (Å²) in [5.74, 6) is 0.726. The number of nitriles is 1. The summed E-state index contributed by atoms with van der Waals surface area (Å²) >= 11 is 0. The number of aromatic nitrogens is 6. The molecule has 0 bridgehead atoms. The quantitative estimate of drug-likeness (QED) is 0.164. The highest BCUT2D eigenvalue weighted by Crippen LogP contribution is 2.27. The average molecular weight is 973 g/mol. The van der Waals surface area contributed by atoms with Crippen LogP contribution in [0.25, 0.3) is 33.4 Å². The van der Waals surface area contributed by atoms with Crippen molar-refractivity contribution in [3.05, 3.63) is 129 Å². The van der Waals surface area contributed by atoms with Crippen molar-refractivity contribution in [2.24, 2.45) is 5.92 Å². The van der Waals surface area contributed by atoms with Gasteiger partial charge in [0.15, 0.2) is 11.6 Å². The molecule has 7 heterocycles. The van der Waals surface area contributed by atoms with Crippen molar-refractivity contribution in [3.8, 4) is 34.5 Å². The monoisotopic (exact) mass is 972 g/mol. The molecule has 4 aliphatic heterocycles. The molecule has 72 heavy (non-hydrogen) atoms. The van der Waals surface area contributed by atoms with Gasteiger partial charge in [-0.1, -0.05) is 36.4 Å². The highest BCUT2D eigenvalue weighted by Gasteiger charge is 2.32. The first-order chi connectivity index (χ1) is 35.0. The molecule has 3 aromatic heterocycles. The Bertz CT molecular complexity index is 3150. The van der Waals surface area contributed by atoms with Crippen molar-refractivity contribution in [1.82, 2.24) is 49.5 Å². The number of nitrogens with one attached hydrogen (secondary N) is 1. The number of piperazine rings is 1. The molecule has 4 saturated heterocycles. The van der Waals surface area contributed by atoms with Gasteiger partial charge in [0.25, 0.3) is 17.0 Å². The van der Waals surface area contributed by atoms with Gasteiger partial charge in [0.1, 0.15) is 6.04 Å². The number of nitrogens with zero attached hydrogens (tertiary/aromatic N) is 11. The Balaban J connectivity index is 0.649. The van der Waals surface area contributed by atoms with Crippen LogP contribution in [-0.4, -0.2) is 147 Å². The van der Waals surface area contributed by atoms with E-state index in [4.69, 9.17) is 9.47 Å². The minimum Gasteiger partial charge on any atom is -0.490 e. The first-order valence-corrected chi connectivity index (χ1v) is 24.6. The van der Waals surface area contributed by atoms with Crippen molar-refractivity contribution in [3.63, 3.8) is 0 Å². The van der Waals surface area contributed by atoms with Gasteiger partial charge in [-0.3, -0.25) is 39.1 Å². The van der Waals surface area contributed by atoms with Crippen LogP contribution in [0.1, 0.15) is 48.5 Å². The first-order valence-electron chi connectivity index (χ1n) is 24.6. The van der Waals surface area contributed by atoms with E-state index >= 15 is 0 Å². The molecule has 0 spiro atoms. The SMILES string of the molecule is Cc1nn(C2CCC(=O)NC2=O)c(=O)c2cc(N3CCO[C@H](CN4CCN(CC(=O)N5CCC(COc6cnc(-c7cccc(Cn8nc(-c9cccc(C#N)c9)ccc8=O)c7)nc6)CC5)CC4)C3)ccc12. The maximum atomic E-state index is 13.7. The van der Waals surface area contributed by atoms with Crippen LogP contribution in [0.15, 0.2) is 101 Å². The van der Waals surface area contributed by atoms with Gasteiger partial charge in [-0.15, -0.1) is 0 Å². The predicted molar refractivity (Wildman–Crippen MR) is 267 cm³/mol. The fourth-order valence-electron chi connectivity index (χ4n) is 10.1. The minimum absolute atomic E-state index is 0.0284. The van der Waals surface area contributed by atoms with Crippen molar-refractivity contribution in [1.29, 1.82) is 5.26 Å². The Morgan fingerprint density at radius 2 is 1.61 bits per heavy atom. The minimum atomic E-state index is -0.827. The van der Waals surface area contributed by atoms with E-state index in [-0.39, 0.29) is 48.4 Å². The topological polar surface area (TPSA) is 214 Å². The van der Waals surface area contributed by atoms with E-state index in [1.54, 1.807) is 36.7 Å². The van der Waals surface area contributed by atoms with E-state index in [9.17, 15) is 29.2 Å². The van der Waals surface area contributed by atoms with Crippen molar-refractivity contribution >= 4 is 34.2 Å². The predicted octanol–water partition coefficient (Wildman–Crippen LogP) is 3.42. The molecular formula is C53H56N12O7. The highest BCUT2D eigenvalue weighted by atomic mass is 16.5. The van der Waals surface area contributed by atoms with E-state index in [1.807, 2.05) is 60.4 Å². The third kappa shape index (κ3) is 11.0. The Kier molecular flexibility index (Phi) is 14.2. The number of hydrogen-bond acceptors (Lipinski definition) is 15. The number of likely N-dealkylation sites (tertiary alicyclic amines) is 1. The Morgan fingerprint density at radius 3 is 2.40 bits per heavy atom. The highest BCUT2D eigenvalue weighted by molar-refractivity contribution is 5.99. The van der Waals surface area contributed by atoms with Crippen LogP contribution >= 0.6 is 0 Å². The molecule has 0 radical (unpaired) electrons. The molecule has 2 atom stereocenters. The van der Waals surface area contributed by atoms with E-state index in [0.29, 0.717) is 85.8 Å². The van der Waals surface area contributed by atoms with Crippen LogP contribution in [0.5, 0.6) is 5.75 Å². The Hall–Kier alpha value is -7.66. The standard InChI is InChI=1S/C53H56N12O7/c1-35-44-9-8-41(26-45(44)53(70)65(58-35)47-11-12-48(66)57-52(47)69)63-22-23-71-43(32-63)31-60-18-20-61(21-19-60)33-50(68)62-16-14-36(15-17-62)34-72-42-28-55-51(56-29-42)40-7-3-5-38(25-40)30-64-49(67)13-10-46(59-64)39-6-2-4-37(24-39)27-54/h2-10,13,24-26,28-29,36,43,47H,11-12,14-23,30-34H2,1H3,(H,57,66,69)/t43-,47?/m1/s1. The maximum Gasteiger partial charge on any atom is 0.275 e. The van der Waals surface area contributed by atoms with Gasteiger partial charge >= 0.3 is 0 Å². The normalized spacial score (nSPS) is 19.3. The summed E-state index contributed by atoms with van der Waals surface area (Å²) in [6.45, 7) is 10.3. The number of morpholine rings is 1. The number of anilines is 1. The molecule has 3 aromatic carbocycles. The number of aryl methyl sites for hydroxylation is 1. The second-order valence-electron chi connectivity index (χ2n) is 19.0. The molecule has 370 valence electrons. The maximum absolute atomic E-state index is 13.7. The second kappa shape index (κ2) is 21.4. The zero-order chi connectivity index (χ0) is 49.7. The van der Waals surface area contributed by atoms with Crippen LogP contribution in [-0.2, 0) is 25.7 Å². The summed E-state index contributed by atoms with van der Waals surface area (Å²) < 4.78 is 15.0. The summed E-state index contributed by atoms with van der Waals surface area (Å²) in [7, 11) is 0. The molecule has 3 amide bonds. The zero-order valence-electron chi connectivity index (χ0n) is 40.2. The lowest BCUT2D eigenvalue weighted by Gasteiger charge is -2.40. The fraction of sp³-hybridized carbons (Fsp3) is 0.396. The van der Waals surface area contributed by atoms with Gasteiger partial charge in [0, 0.05) is 93.6 Å². The van der Waals surface area contributed by atoms with Crippen LogP contribution < -0.4 is 26.1 Å². The lowest BCUT2D eigenvalue weighted by atomic mass is 9.98. The van der Waals surface area contributed by atoms with Gasteiger partial charge in [0.2, 0.25) is 11.8 Å². The Labute approximate surface area is 415 Å². The summed E-state index contributed by atoms with van der Waals surface area (Å²) in [6.07, 6.45) is 5.42. The molecule has 19 nitrogen and oxygen atoms in total. The van der Waals surface area contributed by atoms with E-state index in [2.05, 4.69) is 46.3 Å². The van der Waals surface area contributed by atoms with Gasteiger partial charge in [-0.25, -0.2) is 19.3 Å². The van der Waals surface area contributed by atoms with E-state index in [0.717, 1.165) is 73.3 Å². The van der Waals surface area contributed by atoms with Crippen molar-refractivity contribution in [2.75, 3.05) is 83.6 Å². The molecule has 0 saturated carbocycles. The Morgan fingerprint density at radius 1 is 0.833 bits per heavy atom. The summed E-state index contributed by atoms with van der Waals surface area (Å²) in [5.41, 5.74) is 4.49. The van der Waals surface area contributed by atoms with Crippen LogP contribution in [0.3, 0.4) is 0 Å². The lowest BCUT2D eigenvalue weighted by molar-refractivity contribution is -0.136. The fourth-order valence-corrected chi connectivity index (χ4v) is 10.1. The van der Waals surface area contributed by atoms with Crippen LogP contribution in [0, 0.1) is 24.2 Å². The van der Waals surface area contributed by atoms with Crippen molar-refractivity contribution < 1.29 is 23.9 Å². The van der Waals surface area contributed by atoms with Gasteiger partial charge in [-0.2, -0.15) is 15.5 Å². The number of benzene rings is 3. The number of imide groups is 1. The molecule has 10 rings (SSSR count). The third-order valence-corrected chi connectivity index (χ3v) is 14.1. The number of amides is 3. The molecular weight excluding hydrogens is 917 g/mol. The van der Waals surface area contributed by atoms with Crippen LogP contribution in [0.4, 0.5) is 5.69 Å². The molecule has 6 aromatic rings. The second-order valence-corrected chi connectivity index (χ2v) is 19.0. The number of carbonyl (C=O) groups is 3. The number of carbonyl (C=O) groups excluding carboxylic acids is 3. The van der Waals surface area contributed by atoms with Gasteiger partial charge in [0.05, 0.1) is 73.2 Å². The summed E-state index contributed by atoms with van der Waals surface area (Å²) in [5, 5.41) is 21.9. The van der Waals surface area contributed by atoms with E-state index < -0.39 is 11.9 Å². The molecule has 19 heteroatoms. The average Bonchev–Trinajstić information content (AvgIpc) is 3.40. The molecule has 4 aliphatic rings. The zero-order valence-corrected chi connectivity index (χ0v) is 40.2. The molecule has 4 fully saturated rings. The number of fused-ring (bicyclic) bond motifs is 1. The first kappa shape index (κ1) is 48.0. The molecule has 1 unspecified atom stereocenters. The third-order valence-electron chi connectivity index (χ3n) is 14.1. The smallest absolute Gasteiger partial charge is 0.275 e. The number of ether oxygens (including phenoxy) is 2. The molecule has 0 aliphatic carbocycles. The molecule has 1 N–H and O–H groups in total. The summed E-state index contributed by atoms with van der Waals surface area (Å²) in [6, 6.07) is 25.1.